The van der Waals surface area contributed by atoms with E-state index in [9.17, 15) is 27.9 Å². The molecule has 2 saturated heterocycles. The van der Waals surface area contributed by atoms with E-state index in [0.717, 1.165) is 113 Å². The van der Waals surface area contributed by atoms with Gasteiger partial charge in [0.15, 0.2) is 0 Å². The number of hydrogen-bond donors (Lipinski definition) is 5. The van der Waals surface area contributed by atoms with Crippen molar-refractivity contribution in [3.05, 3.63) is 59.8 Å². The highest BCUT2D eigenvalue weighted by Gasteiger charge is 2.61. The molecule has 0 bridgehead atoms. The van der Waals surface area contributed by atoms with Gasteiger partial charge in [-0.25, -0.2) is 18.1 Å². The normalized spacial score (nSPS) is 27.1. The number of carbonyl (C=O) groups excluding carboxylic acids is 3. The topological polar surface area (TPSA) is 189 Å². The number of aliphatic hydroxyl groups excluding tert-OH is 1. The first-order valence-electron chi connectivity index (χ1n) is 21.4. The Morgan fingerprint density at radius 3 is 2.47 bits per heavy atom. The minimum Gasteiger partial charge on any atom is -0.393 e. The number of sulfonamides is 1. The van der Waals surface area contributed by atoms with E-state index in [0.29, 0.717) is 42.6 Å². The maximum atomic E-state index is 13.6. The molecule has 1 spiro atoms. The molecule has 9 rings (SSSR count). The van der Waals surface area contributed by atoms with Gasteiger partial charge in [-0.3, -0.25) is 29.5 Å². The van der Waals surface area contributed by atoms with Gasteiger partial charge in [0.2, 0.25) is 33.7 Å². The lowest BCUT2D eigenvalue weighted by Gasteiger charge is -2.39. The van der Waals surface area contributed by atoms with Crippen molar-refractivity contribution in [3.8, 4) is 0 Å². The second-order valence-corrected chi connectivity index (χ2v) is 19.3. The number of anilines is 5. The number of benzene rings is 2. The predicted molar refractivity (Wildman–Crippen MR) is 224 cm³/mol. The zero-order chi connectivity index (χ0) is 40.9. The number of aryl methyl sites for hydroxylation is 1. The van der Waals surface area contributed by atoms with Crippen molar-refractivity contribution in [2.45, 2.75) is 119 Å². The lowest BCUT2D eigenvalue weighted by molar-refractivity contribution is -0.133. The quantitative estimate of drug-likeness (QED) is 0.175. The smallest absolute Gasteiger partial charge is 0.249 e. The van der Waals surface area contributed by atoms with E-state index < -0.39 is 27.6 Å². The standard InChI is InChI=1S/C43H55N9O6S/c1-27-22-34(12-13-36(27)46-42-44-25-35-39(48-42)52(41(56)43(35)16-17-43)32-6-3-7-33(53)24-32)59(57,58)49-29-10-8-28(9-11-29)26-50-18-20-51(21-19-50)31-5-2-4-30(23-31)45-37-14-15-38(54)47-40(37)55/h2,4-5,12-13,22-23,25,28-29,32-33,37,45,49,53H,3,6-11,14-21,24,26H2,1H3,(H,44,46,48)(H,47,54,55)/t28?,29?,32-,33-,37?/m1/s1. The van der Waals surface area contributed by atoms with Crippen LogP contribution in [0, 0.1) is 12.8 Å². The number of nitrogens with one attached hydrogen (secondary N) is 4. The zero-order valence-corrected chi connectivity index (χ0v) is 34.5. The number of aliphatic hydroxyl groups is 1. The molecule has 4 heterocycles. The molecule has 6 aliphatic rings. The summed E-state index contributed by atoms with van der Waals surface area (Å²) in [6, 6.07) is 12.5. The largest absolute Gasteiger partial charge is 0.393 e. The van der Waals surface area contributed by atoms with Crippen molar-refractivity contribution in [2.24, 2.45) is 5.92 Å². The third-order valence-corrected chi connectivity index (χ3v) is 15.0. The fraction of sp³-hybridized carbons (Fsp3) is 0.558. The van der Waals surface area contributed by atoms with E-state index >= 15 is 0 Å². The molecule has 15 nitrogen and oxygen atoms in total. The Kier molecular flexibility index (Phi) is 10.9. The first kappa shape index (κ1) is 39.8. The first-order valence-corrected chi connectivity index (χ1v) is 22.9. The van der Waals surface area contributed by atoms with Gasteiger partial charge in [0.05, 0.1) is 16.4 Å². The molecule has 3 atom stereocenters. The van der Waals surface area contributed by atoms with Gasteiger partial charge in [-0.1, -0.05) is 6.07 Å². The molecule has 3 amide bonds. The van der Waals surface area contributed by atoms with Crippen LogP contribution in [0.25, 0.3) is 0 Å². The lowest BCUT2D eigenvalue weighted by Crippen LogP contribution is -2.48. The summed E-state index contributed by atoms with van der Waals surface area (Å²) in [7, 11) is -3.74. The number of amides is 3. The van der Waals surface area contributed by atoms with Crippen LogP contribution in [0.4, 0.5) is 28.8 Å². The van der Waals surface area contributed by atoms with Crippen LogP contribution in [-0.4, -0.2) is 103 Å². The Morgan fingerprint density at radius 2 is 1.75 bits per heavy atom. The average molecular weight is 826 g/mol. The molecule has 16 heteroatoms. The van der Waals surface area contributed by atoms with Crippen molar-refractivity contribution >= 4 is 56.6 Å². The van der Waals surface area contributed by atoms with Crippen LogP contribution in [0.3, 0.4) is 0 Å². The Labute approximate surface area is 345 Å². The first-order chi connectivity index (χ1) is 28.4. The number of imide groups is 1. The van der Waals surface area contributed by atoms with Gasteiger partial charge in [-0.15, -0.1) is 0 Å². The Morgan fingerprint density at radius 1 is 0.949 bits per heavy atom. The number of piperazine rings is 1. The summed E-state index contributed by atoms with van der Waals surface area (Å²) in [4.78, 5) is 53.7. The fourth-order valence-corrected chi connectivity index (χ4v) is 11.3. The third-order valence-electron chi connectivity index (χ3n) is 13.5. The maximum Gasteiger partial charge on any atom is 0.249 e. The summed E-state index contributed by atoms with van der Waals surface area (Å²) in [5.41, 5.74) is 3.74. The molecule has 1 aromatic heterocycles. The molecule has 3 aromatic rings. The Balaban J connectivity index is 0.751. The van der Waals surface area contributed by atoms with E-state index in [1.165, 1.54) is 0 Å². The SMILES string of the molecule is Cc1cc(S(=O)(=O)NC2CCC(CN3CCN(c4cccc(NC5CCC(=O)NC5=O)c4)CC3)CC2)ccc1Nc1ncc2c(n1)N([C@@H]1CCC[C@@H](O)C1)C(=O)C21CC1. The maximum absolute atomic E-state index is 13.6. The summed E-state index contributed by atoms with van der Waals surface area (Å²) in [6.45, 7) is 6.56. The fourth-order valence-electron chi connectivity index (χ4n) is 9.91. The highest BCUT2D eigenvalue weighted by Crippen LogP contribution is 2.57. The molecule has 3 saturated carbocycles. The molecular formula is C43H55N9O6S. The molecule has 5 N–H and O–H groups in total. The molecule has 59 heavy (non-hydrogen) atoms. The number of carbonyl (C=O) groups is 3. The molecule has 1 unspecified atom stereocenters. The second-order valence-electron chi connectivity index (χ2n) is 17.6. The Hall–Kier alpha value is -4.64. The van der Waals surface area contributed by atoms with Crippen LogP contribution < -0.4 is 30.5 Å². The van der Waals surface area contributed by atoms with Gasteiger partial charge < -0.3 is 20.6 Å². The van der Waals surface area contributed by atoms with Gasteiger partial charge in [-0.05, 0) is 125 Å². The van der Waals surface area contributed by atoms with E-state index in [1.807, 2.05) is 24.0 Å². The summed E-state index contributed by atoms with van der Waals surface area (Å²) < 4.78 is 30.2. The molecule has 0 radical (unpaired) electrons. The van der Waals surface area contributed by atoms with Crippen LogP contribution in [0.5, 0.6) is 0 Å². The summed E-state index contributed by atoms with van der Waals surface area (Å²) >= 11 is 0. The number of rotatable bonds is 11. The van der Waals surface area contributed by atoms with E-state index in [4.69, 9.17) is 4.98 Å². The molecule has 5 fully saturated rings. The van der Waals surface area contributed by atoms with Gasteiger partial charge in [-0.2, -0.15) is 4.98 Å². The van der Waals surface area contributed by atoms with Crippen LogP contribution in [-0.2, 0) is 29.8 Å². The number of aromatic nitrogens is 2. The average Bonchev–Trinajstić information content (AvgIpc) is 3.99. The minimum absolute atomic E-state index is 0.0719. The summed E-state index contributed by atoms with van der Waals surface area (Å²) in [6.07, 6.45) is 10.3. The van der Waals surface area contributed by atoms with Crippen LogP contribution in [0.1, 0.15) is 88.2 Å². The predicted octanol–water partition coefficient (Wildman–Crippen LogP) is 4.09. The minimum atomic E-state index is -3.74. The molecule has 2 aromatic carbocycles. The van der Waals surface area contributed by atoms with Gasteiger partial charge in [0.1, 0.15) is 11.9 Å². The third kappa shape index (κ3) is 8.28. The lowest BCUT2D eigenvalue weighted by atomic mass is 9.86. The number of hydrogen-bond acceptors (Lipinski definition) is 12. The van der Waals surface area contributed by atoms with Crippen molar-refractivity contribution in [1.29, 1.82) is 0 Å². The van der Waals surface area contributed by atoms with Gasteiger partial charge >= 0.3 is 0 Å². The highest BCUT2D eigenvalue weighted by atomic mass is 32.2. The van der Waals surface area contributed by atoms with Crippen molar-refractivity contribution < 1.29 is 27.9 Å². The molecule has 314 valence electrons. The molecule has 3 aliphatic heterocycles. The van der Waals surface area contributed by atoms with E-state index in [2.05, 4.69) is 47.6 Å². The van der Waals surface area contributed by atoms with Crippen molar-refractivity contribution in [3.63, 3.8) is 0 Å². The van der Waals surface area contributed by atoms with Gasteiger partial charge in [0.25, 0.3) is 0 Å². The second kappa shape index (κ2) is 16.1. The van der Waals surface area contributed by atoms with Crippen molar-refractivity contribution in [1.82, 2.24) is 24.9 Å². The van der Waals surface area contributed by atoms with Crippen LogP contribution in [0.2, 0.25) is 0 Å². The Bertz CT molecular complexity index is 2220. The summed E-state index contributed by atoms with van der Waals surface area (Å²) in [5.74, 6) is 1.07. The molecular weight excluding hydrogens is 771 g/mol. The zero-order valence-electron chi connectivity index (χ0n) is 33.7. The summed E-state index contributed by atoms with van der Waals surface area (Å²) in [5, 5.41) is 19.3. The van der Waals surface area contributed by atoms with E-state index in [-0.39, 0.29) is 34.7 Å². The number of piperidine rings is 1. The molecule has 3 aliphatic carbocycles. The monoisotopic (exact) mass is 825 g/mol. The number of fused-ring (bicyclic) bond motifs is 2. The van der Waals surface area contributed by atoms with Gasteiger partial charge in [0, 0.05) is 80.1 Å². The van der Waals surface area contributed by atoms with Crippen molar-refractivity contribution in [2.75, 3.05) is 53.2 Å². The number of nitrogens with zero attached hydrogens (tertiary/aromatic N) is 5. The van der Waals surface area contributed by atoms with Crippen LogP contribution in [0.15, 0.2) is 53.6 Å². The van der Waals surface area contributed by atoms with E-state index in [1.54, 1.807) is 24.4 Å². The highest BCUT2D eigenvalue weighted by molar-refractivity contribution is 7.89. The van der Waals surface area contributed by atoms with Crippen LogP contribution >= 0.6 is 0 Å².